The Balaban J connectivity index is 1.98. The zero-order valence-electron chi connectivity index (χ0n) is 12.5. The molecule has 0 fully saturated rings. The van der Waals surface area contributed by atoms with Gasteiger partial charge in [0.25, 0.3) is 0 Å². The van der Waals surface area contributed by atoms with Gasteiger partial charge in [-0.05, 0) is 67.0 Å². The standard InChI is InChI=1S/C17H18N2O2S/c1-11-7-12(2)9-15(8-11)19-17(22)18-14-5-3-13(4-6-14)10-16(20)21/h3-9H,10H2,1-2H3,(H,20,21)(H2,18,19,22). The first kappa shape index (κ1) is 16.0. The van der Waals surface area contributed by atoms with Gasteiger partial charge in [-0.3, -0.25) is 4.79 Å². The molecule has 0 saturated carbocycles. The summed E-state index contributed by atoms with van der Waals surface area (Å²) in [7, 11) is 0. The lowest BCUT2D eigenvalue weighted by Crippen LogP contribution is -2.19. The summed E-state index contributed by atoms with van der Waals surface area (Å²) in [5.41, 5.74) is 4.85. The summed E-state index contributed by atoms with van der Waals surface area (Å²) >= 11 is 5.29. The first-order valence-electron chi connectivity index (χ1n) is 6.89. The van der Waals surface area contributed by atoms with Gasteiger partial charge in [-0.1, -0.05) is 18.2 Å². The van der Waals surface area contributed by atoms with Crippen molar-refractivity contribution in [3.8, 4) is 0 Å². The van der Waals surface area contributed by atoms with E-state index in [-0.39, 0.29) is 6.42 Å². The lowest BCUT2D eigenvalue weighted by atomic mass is 10.1. The fourth-order valence-electron chi connectivity index (χ4n) is 2.22. The average molecular weight is 314 g/mol. The number of anilines is 2. The van der Waals surface area contributed by atoms with Gasteiger partial charge in [-0.25, -0.2) is 0 Å². The highest BCUT2D eigenvalue weighted by molar-refractivity contribution is 7.80. The zero-order valence-corrected chi connectivity index (χ0v) is 13.3. The van der Waals surface area contributed by atoms with Gasteiger partial charge in [0.05, 0.1) is 6.42 Å². The second-order valence-corrected chi connectivity index (χ2v) is 5.63. The molecule has 0 atom stereocenters. The van der Waals surface area contributed by atoms with Crippen LogP contribution >= 0.6 is 12.2 Å². The lowest BCUT2D eigenvalue weighted by molar-refractivity contribution is -0.136. The Morgan fingerprint density at radius 2 is 1.55 bits per heavy atom. The Morgan fingerprint density at radius 3 is 2.09 bits per heavy atom. The Morgan fingerprint density at radius 1 is 1.00 bits per heavy atom. The molecule has 0 amide bonds. The van der Waals surface area contributed by atoms with E-state index >= 15 is 0 Å². The van der Waals surface area contributed by atoms with Crippen molar-refractivity contribution in [2.75, 3.05) is 10.6 Å². The highest BCUT2D eigenvalue weighted by atomic mass is 32.1. The van der Waals surface area contributed by atoms with Gasteiger partial charge >= 0.3 is 5.97 Å². The first-order valence-corrected chi connectivity index (χ1v) is 7.30. The van der Waals surface area contributed by atoms with Crippen molar-refractivity contribution < 1.29 is 9.90 Å². The molecule has 2 rings (SSSR count). The minimum Gasteiger partial charge on any atom is -0.481 e. The number of hydrogen-bond donors (Lipinski definition) is 3. The number of benzene rings is 2. The Hall–Kier alpha value is -2.40. The molecule has 3 N–H and O–H groups in total. The monoisotopic (exact) mass is 314 g/mol. The molecule has 114 valence electrons. The molecule has 0 spiro atoms. The highest BCUT2D eigenvalue weighted by Gasteiger charge is 2.03. The molecule has 0 aliphatic rings. The van der Waals surface area contributed by atoms with Crippen LogP contribution in [0.2, 0.25) is 0 Å². The second-order valence-electron chi connectivity index (χ2n) is 5.22. The highest BCUT2D eigenvalue weighted by Crippen LogP contribution is 2.15. The fraction of sp³-hybridized carbons (Fsp3) is 0.176. The molecule has 2 aromatic carbocycles. The van der Waals surface area contributed by atoms with E-state index in [2.05, 4.69) is 16.7 Å². The van der Waals surface area contributed by atoms with Crippen LogP contribution in [-0.2, 0) is 11.2 Å². The van der Waals surface area contributed by atoms with Crippen molar-refractivity contribution in [1.29, 1.82) is 0 Å². The number of aryl methyl sites for hydroxylation is 2. The van der Waals surface area contributed by atoms with Gasteiger partial charge in [0.15, 0.2) is 5.11 Å². The molecule has 0 saturated heterocycles. The minimum absolute atomic E-state index is 0.0194. The van der Waals surface area contributed by atoms with E-state index < -0.39 is 5.97 Å². The maximum absolute atomic E-state index is 10.6. The number of carboxylic acid groups (broad SMARTS) is 1. The molecule has 2 aromatic rings. The predicted molar refractivity (Wildman–Crippen MR) is 93.5 cm³/mol. The molecule has 0 aromatic heterocycles. The van der Waals surface area contributed by atoms with Crippen LogP contribution in [0.3, 0.4) is 0 Å². The summed E-state index contributed by atoms with van der Waals surface area (Å²) in [6, 6.07) is 13.3. The first-order chi connectivity index (χ1) is 10.4. The quantitative estimate of drug-likeness (QED) is 0.751. The van der Waals surface area contributed by atoms with Crippen molar-refractivity contribution in [3.05, 3.63) is 59.2 Å². The maximum Gasteiger partial charge on any atom is 0.307 e. The molecule has 0 bridgehead atoms. The molecule has 0 aliphatic carbocycles. The van der Waals surface area contributed by atoms with Gasteiger partial charge in [-0.15, -0.1) is 0 Å². The Bertz CT molecular complexity index is 676. The number of carbonyl (C=O) groups is 1. The van der Waals surface area contributed by atoms with Crippen LogP contribution in [0.25, 0.3) is 0 Å². The molecule has 22 heavy (non-hydrogen) atoms. The van der Waals surface area contributed by atoms with Crippen molar-refractivity contribution in [3.63, 3.8) is 0 Å². The number of aliphatic carboxylic acids is 1. The van der Waals surface area contributed by atoms with E-state index in [1.165, 1.54) is 11.1 Å². The average Bonchev–Trinajstić information content (AvgIpc) is 2.39. The smallest absolute Gasteiger partial charge is 0.307 e. The molecule has 0 aliphatic heterocycles. The van der Waals surface area contributed by atoms with Crippen LogP contribution in [0, 0.1) is 13.8 Å². The topological polar surface area (TPSA) is 61.4 Å². The molecule has 0 radical (unpaired) electrons. The number of carboxylic acids is 1. The fourth-order valence-corrected chi connectivity index (χ4v) is 2.46. The molecular weight excluding hydrogens is 296 g/mol. The zero-order chi connectivity index (χ0) is 16.1. The molecule has 0 unspecified atom stereocenters. The Kier molecular flexibility index (Phi) is 5.12. The third kappa shape index (κ3) is 4.86. The number of hydrogen-bond acceptors (Lipinski definition) is 2. The van der Waals surface area contributed by atoms with Gasteiger partial charge in [0.1, 0.15) is 0 Å². The van der Waals surface area contributed by atoms with E-state index in [1.807, 2.05) is 38.1 Å². The van der Waals surface area contributed by atoms with E-state index in [1.54, 1.807) is 12.1 Å². The second kappa shape index (κ2) is 7.04. The van der Waals surface area contributed by atoms with Crippen molar-refractivity contribution in [1.82, 2.24) is 0 Å². The number of thiocarbonyl (C=S) groups is 1. The maximum atomic E-state index is 10.6. The largest absolute Gasteiger partial charge is 0.481 e. The summed E-state index contributed by atoms with van der Waals surface area (Å²) in [6.45, 7) is 4.08. The van der Waals surface area contributed by atoms with Crippen LogP contribution in [-0.4, -0.2) is 16.2 Å². The van der Waals surface area contributed by atoms with Crippen LogP contribution < -0.4 is 10.6 Å². The van der Waals surface area contributed by atoms with Gasteiger partial charge in [0.2, 0.25) is 0 Å². The minimum atomic E-state index is -0.840. The van der Waals surface area contributed by atoms with Crippen LogP contribution in [0.1, 0.15) is 16.7 Å². The van der Waals surface area contributed by atoms with E-state index in [0.29, 0.717) is 5.11 Å². The normalized spacial score (nSPS) is 10.1. The molecule has 5 heteroatoms. The van der Waals surface area contributed by atoms with E-state index in [9.17, 15) is 4.79 Å². The molecule has 4 nitrogen and oxygen atoms in total. The van der Waals surface area contributed by atoms with Gasteiger partial charge < -0.3 is 15.7 Å². The van der Waals surface area contributed by atoms with Crippen molar-refractivity contribution in [2.45, 2.75) is 20.3 Å². The number of nitrogens with one attached hydrogen (secondary N) is 2. The summed E-state index contributed by atoms with van der Waals surface area (Å²) in [5.74, 6) is -0.840. The summed E-state index contributed by atoms with van der Waals surface area (Å²) < 4.78 is 0. The summed E-state index contributed by atoms with van der Waals surface area (Å²) in [6.07, 6.45) is 0.0194. The van der Waals surface area contributed by atoms with Gasteiger partial charge in [-0.2, -0.15) is 0 Å². The van der Waals surface area contributed by atoms with Crippen LogP contribution in [0.5, 0.6) is 0 Å². The third-order valence-corrected chi connectivity index (χ3v) is 3.25. The van der Waals surface area contributed by atoms with Crippen molar-refractivity contribution in [2.24, 2.45) is 0 Å². The Labute approximate surface area is 135 Å². The molecular formula is C17H18N2O2S. The third-order valence-electron chi connectivity index (χ3n) is 3.05. The summed E-state index contributed by atoms with van der Waals surface area (Å²) in [5, 5.41) is 15.5. The lowest BCUT2D eigenvalue weighted by Gasteiger charge is -2.12. The van der Waals surface area contributed by atoms with E-state index in [0.717, 1.165) is 16.9 Å². The van der Waals surface area contributed by atoms with Crippen molar-refractivity contribution >= 4 is 34.7 Å². The van der Waals surface area contributed by atoms with Crippen LogP contribution in [0.15, 0.2) is 42.5 Å². The predicted octanol–water partition coefficient (Wildman–Crippen LogP) is 3.74. The van der Waals surface area contributed by atoms with Crippen LogP contribution in [0.4, 0.5) is 11.4 Å². The van der Waals surface area contributed by atoms with E-state index in [4.69, 9.17) is 17.3 Å². The van der Waals surface area contributed by atoms with Gasteiger partial charge in [0, 0.05) is 11.4 Å². The summed E-state index contributed by atoms with van der Waals surface area (Å²) in [4.78, 5) is 10.6. The number of rotatable bonds is 4. The SMILES string of the molecule is Cc1cc(C)cc(NC(=S)Nc2ccc(CC(=O)O)cc2)c1. The molecule has 0 heterocycles.